The molecule has 2 heterocycles. The Hall–Kier alpha value is -3.55. The third kappa shape index (κ3) is 4.97. The Bertz CT molecular complexity index is 962. The summed E-state index contributed by atoms with van der Waals surface area (Å²) in [6, 6.07) is 7.54. The number of benzene rings is 1. The van der Waals surface area contributed by atoms with Gasteiger partial charge in [0, 0.05) is 36.1 Å². The molecule has 138 valence electrons. The second-order valence-corrected chi connectivity index (χ2v) is 5.92. The minimum atomic E-state index is -0.859. The molecule has 0 spiro atoms. The molecule has 2 aromatic heterocycles. The number of aliphatic carboxylic acids is 1. The Labute approximate surface area is 156 Å². The van der Waals surface area contributed by atoms with E-state index in [4.69, 9.17) is 9.84 Å². The minimum Gasteiger partial charge on any atom is -0.481 e. The molecule has 0 fully saturated rings. The first-order valence-electron chi connectivity index (χ1n) is 8.32. The highest BCUT2D eigenvalue weighted by Crippen LogP contribution is 2.25. The van der Waals surface area contributed by atoms with Crippen LogP contribution in [0.3, 0.4) is 0 Å². The van der Waals surface area contributed by atoms with Gasteiger partial charge < -0.3 is 15.2 Å². The standard InChI is InChI=1S/C19H19N5O3/c1-12-7-13(16-11-20-10-14(22-16)3-4-18(25)26)9-15(8-12)23-19-21-6-5-17(24-19)27-2/h5-11H,3-4H2,1-2H3,(H,25,26)(H,21,23,24). The molecule has 0 amide bonds. The SMILES string of the molecule is COc1ccnc(Nc2cc(C)cc(-c3cncc(CCC(=O)O)n3)c2)n1. The van der Waals surface area contributed by atoms with Crippen molar-refractivity contribution in [2.45, 2.75) is 19.8 Å². The highest BCUT2D eigenvalue weighted by Gasteiger charge is 2.08. The predicted molar refractivity (Wildman–Crippen MR) is 100 cm³/mol. The zero-order valence-corrected chi connectivity index (χ0v) is 15.0. The number of carbonyl (C=O) groups is 1. The molecule has 0 bridgehead atoms. The van der Waals surface area contributed by atoms with E-state index in [0.717, 1.165) is 16.8 Å². The van der Waals surface area contributed by atoms with E-state index < -0.39 is 5.97 Å². The van der Waals surface area contributed by atoms with E-state index in [2.05, 4.69) is 25.3 Å². The van der Waals surface area contributed by atoms with Crippen LogP contribution in [0.25, 0.3) is 11.3 Å². The van der Waals surface area contributed by atoms with Crippen molar-refractivity contribution in [3.8, 4) is 17.1 Å². The summed E-state index contributed by atoms with van der Waals surface area (Å²) in [6.07, 6.45) is 5.22. The topological polar surface area (TPSA) is 110 Å². The Balaban J connectivity index is 1.86. The number of ether oxygens (including phenoxy) is 1. The molecule has 0 saturated carbocycles. The van der Waals surface area contributed by atoms with Gasteiger partial charge in [-0.15, -0.1) is 0 Å². The molecule has 0 aliphatic heterocycles. The van der Waals surface area contributed by atoms with Crippen molar-refractivity contribution in [1.82, 2.24) is 19.9 Å². The lowest BCUT2D eigenvalue weighted by molar-refractivity contribution is -0.136. The smallest absolute Gasteiger partial charge is 0.303 e. The van der Waals surface area contributed by atoms with Crippen LogP contribution in [-0.2, 0) is 11.2 Å². The number of hydrogen-bond acceptors (Lipinski definition) is 7. The van der Waals surface area contributed by atoms with Crippen molar-refractivity contribution in [3.63, 3.8) is 0 Å². The molecule has 0 radical (unpaired) electrons. The van der Waals surface area contributed by atoms with Crippen LogP contribution in [0.2, 0.25) is 0 Å². The van der Waals surface area contributed by atoms with E-state index >= 15 is 0 Å². The molecule has 8 nitrogen and oxygen atoms in total. The van der Waals surface area contributed by atoms with Gasteiger partial charge in [-0.05, 0) is 30.7 Å². The van der Waals surface area contributed by atoms with Crippen molar-refractivity contribution in [2.75, 3.05) is 12.4 Å². The van der Waals surface area contributed by atoms with Gasteiger partial charge in [0.2, 0.25) is 11.8 Å². The third-order valence-electron chi connectivity index (χ3n) is 3.75. The van der Waals surface area contributed by atoms with Crippen LogP contribution >= 0.6 is 0 Å². The average Bonchev–Trinajstić information content (AvgIpc) is 2.66. The maximum absolute atomic E-state index is 10.8. The third-order valence-corrected chi connectivity index (χ3v) is 3.75. The van der Waals surface area contributed by atoms with Crippen molar-refractivity contribution in [1.29, 1.82) is 0 Å². The van der Waals surface area contributed by atoms with Gasteiger partial charge in [-0.3, -0.25) is 9.78 Å². The summed E-state index contributed by atoms with van der Waals surface area (Å²) in [4.78, 5) is 27.9. The molecule has 3 rings (SSSR count). The van der Waals surface area contributed by atoms with Gasteiger partial charge in [-0.1, -0.05) is 0 Å². The van der Waals surface area contributed by atoms with Gasteiger partial charge in [0.25, 0.3) is 0 Å². The van der Waals surface area contributed by atoms with Gasteiger partial charge >= 0.3 is 5.97 Å². The molecule has 0 atom stereocenters. The first-order chi connectivity index (χ1) is 13.0. The first-order valence-corrected chi connectivity index (χ1v) is 8.32. The van der Waals surface area contributed by atoms with Crippen LogP contribution in [-0.4, -0.2) is 38.1 Å². The molecular weight excluding hydrogens is 346 g/mol. The lowest BCUT2D eigenvalue weighted by Crippen LogP contribution is -2.01. The summed E-state index contributed by atoms with van der Waals surface area (Å²) in [5.41, 5.74) is 4.01. The minimum absolute atomic E-state index is 0.0198. The van der Waals surface area contributed by atoms with Crippen LogP contribution in [0.5, 0.6) is 5.88 Å². The number of nitrogens with zero attached hydrogens (tertiary/aromatic N) is 4. The van der Waals surface area contributed by atoms with Crippen molar-refractivity contribution in [3.05, 3.63) is 54.1 Å². The van der Waals surface area contributed by atoms with Crippen LogP contribution in [0.15, 0.2) is 42.9 Å². The van der Waals surface area contributed by atoms with Crippen LogP contribution in [0.1, 0.15) is 17.7 Å². The number of carboxylic acids is 1. The van der Waals surface area contributed by atoms with Crippen LogP contribution in [0.4, 0.5) is 11.6 Å². The molecule has 8 heteroatoms. The molecule has 0 aliphatic rings. The quantitative estimate of drug-likeness (QED) is 0.657. The molecule has 0 unspecified atom stereocenters. The molecule has 0 saturated heterocycles. The zero-order chi connectivity index (χ0) is 19.2. The maximum atomic E-state index is 10.8. The molecule has 0 aliphatic carbocycles. The Kier molecular flexibility index (Phi) is 5.55. The Morgan fingerprint density at radius 1 is 1.22 bits per heavy atom. The number of methoxy groups -OCH3 is 1. The van der Waals surface area contributed by atoms with E-state index in [0.29, 0.717) is 29.6 Å². The lowest BCUT2D eigenvalue weighted by Gasteiger charge is -2.10. The fourth-order valence-corrected chi connectivity index (χ4v) is 2.55. The summed E-state index contributed by atoms with van der Waals surface area (Å²) in [5.74, 6) is 0.0344. The summed E-state index contributed by atoms with van der Waals surface area (Å²) in [5, 5.41) is 12.0. The molecule has 3 aromatic rings. The molecule has 1 aromatic carbocycles. The van der Waals surface area contributed by atoms with Crippen molar-refractivity contribution >= 4 is 17.6 Å². The van der Waals surface area contributed by atoms with Crippen molar-refractivity contribution in [2.24, 2.45) is 0 Å². The number of rotatable bonds is 7. The highest BCUT2D eigenvalue weighted by molar-refractivity contribution is 5.69. The second kappa shape index (κ2) is 8.22. The van der Waals surface area contributed by atoms with Gasteiger partial charge in [0.1, 0.15) is 0 Å². The Morgan fingerprint density at radius 3 is 2.85 bits per heavy atom. The normalized spacial score (nSPS) is 10.4. The summed E-state index contributed by atoms with van der Waals surface area (Å²) >= 11 is 0. The second-order valence-electron chi connectivity index (χ2n) is 5.92. The molecular formula is C19H19N5O3. The van der Waals surface area contributed by atoms with Gasteiger partial charge in [-0.25, -0.2) is 9.97 Å². The van der Waals surface area contributed by atoms with Gasteiger partial charge in [-0.2, -0.15) is 4.98 Å². The van der Waals surface area contributed by atoms with Gasteiger partial charge in [0.05, 0.1) is 31.1 Å². The van der Waals surface area contributed by atoms with E-state index in [-0.39, 0.29) is 6.42 Å². The van der Waals surface area contributed by atoms with E-state index in [1.54, 1.807) is 31.8 Å². The molecule has 27 heavy (non-hydrogen) atoms. The fraction of sp³-hybridized carbons (Fsp3) is 0.211. The number of hydrogen-bond donors (Lipinski definition) is 2. The van der Waals surface area contributed by atoms with E-state index in [1.165, 1.54) is 0 Å². The van der Waals surface area contributed by atoms with E-state index in [1.807, 2.05) is 25.1 Å². The Morgan fingerprint density at radius 2 is 2.07 bits per heavy atom. The average molecular weight is 365 g/mol. The number of aryl methyl sites for hydroxylation is 2. The summed E-state index contributed by atoms with van der Waals surface area (Å²) < 4.78 is 5.11. The fourth-order valence-electron chi connectivity index (χ4n) is 2.55. The molecule has 2 N–H and O–H groups in total. The first kappa shape index (κ1) is 18.2. The lowest BCUT2D eigenvalue weighted by atomic mass is 10.1. The summed E-state index contributed by atoms with van der Waals surface area (Å²) in [6.45, 7) is 1.98. The maximum Gasteiger partial charge on any atom is 0.303 e. The highest BCUT2D eigenvalue weighted by atomic mass is 16.5. The number of nitrogens with one attached hydrogen (secondary N) is 1. The number of anilines is 2. The number of aromatic nitrogens is 4. The number of carboxylic acid groups (broad SMARTS) is 1. The predicted octanol–water partition coefficient (Wildman–Crippen LogP) is 3.01. The van der Waals surface area contributed by atoms with Crippen LogP contribution in [0, 0.1) is 6.92 Å². The van der Waals surface area contributed by atoms with Gasteiger partial charge in [0.15, 0.2) is 0 Å². The monoisotopic (exact) mass is 365 g/mol. The summed E-state index contributed by atoms with van der Waals surface area (Å²) in [7, 11) is 1.55. The van der Waals surface area contributed by atoms with Crippen molar-refractivity contribution < 1.29 is 14.6 Å². The largest absolute Gasteiger partial charge is 0.481 e. The van der Waals surface area contributed by atoms with E-state index in [9.17, 15) is 4.79 Å². The zero-order valence-electron chi connectivity index (χ0n) is 15.0. The van der Waals surface area contributed by atoms with Crippen LogP contribution < -0.4 is 10.1 Å².